The number of benzene rings is 1. The van der Waals surface area contributed by atoms with Gasteiger partial charge in [0.25, 0.3) is 5.72 Å². The van der Waals surface area contributed by atoms with Gasteiger partial charge in [0.2, 0.25) is 0 Å². The van der Waals surface area contributed by atoms with Crippen LogP contribution in [-0.2, 0) is 9.53 Å². The molecular weight excluding hydrogens is 373 g/mol. The molecule has 1 heterocycles. The number of aliphatic hydroxyl groups is 1. The summed E-state index contributed by atoms with van der Waals surface area (Å²) in [5, 5.41) is 23.5. The number of nitrogens with one attached hydrogen (secondary N) is 2. The molecule has 3 atom stereocenters. The predicted molar refractivity (Wildman–Crippen MR) is 84.8 cm³/mol. The molecule has 1 aliphatic rings. The summed E-state index contributed by atoms with van der Waals surface area (Å²) in [6, 6.07) is 0.606. The van der Waals surface area contributed by atoms with Crippen LogP contribution in [0.25, 0.3) is 0 Å². The van der Waals surface area contributed by atoms with Crippen LogP contribution in [0.1, 0.15) is 25.5 Å². The van der Waals surface area contributed by atoms with Crippen molar-refractivity contribution in [3.8, 4) is 11.5 Å². The topological polar surface area (TPSA) is 117 Å². The molecular formula is C16H19F3N2O6. The lowest BCUT2D eigenvalue weighted by Gasteiger charge is -2.44. The lowest BCUT2D eigenvalue weighted by atomic mass is 9.82. The molecule has 0 aromatic heterocycles. The number of phenolic OH excluding ortho intramolecular Hbond substituents is 1. The third-order valence-electron chi connectivity index (χ3n) is 3.99. The molecule has 1 fully saturated rings. The zero-order valence-electron chi connectivity index (χ0n) is 14.5. The van der Waals surface area contributed by atoms with Gasteiger partial charge in [-0.05, 0) is 31.5 Å². The Morgan fingerprint density at radius 3 is 2.52 bits per heavy atom. The Balaban J connectivity index is 2.58. The molecule has 0 saturated carbocycles. The van der Waals surface area contributed by atoms with Gasteiger partial charge in [-0.15, -0.1) is 0 Å². The van der Waals surface area contributed by atoms with Gasteiger partial charge in [-0.25, -0.2) is 4.79 Å². The summed E-state index contributed by atoms with van der Waals surface area (Å²) in [6.07, 6.45) is -5.36. The quantitative estimate of drug-likeness (QED) is 0.565. The fourth-order valence-corrected chi connectivity index (χ4v) is 2.81. The van der Waals surface area contributed by atoms with Gasteiger partial charge in [0, 0.05) is 0 Å². The number of phenols is 1. The molecule has 27 heavy (non-hydrogen) atoms. The van der Waals surface area contributed by atoms with E-state index in [1.54, 1.807) is 6.92 Å². The number of halogens is 3. The van der Waals surface area contributed by atoms with Crippen LogP contribution >= 0.6 is 0 Å². The van der Waals surface area contributed by atoms with Crippen molar-refractivity contribution < 1.29 is 42.4 Å². The minimum Gasteiger partial charge on any atom is -0.504 e. The van der Waals surface area contributed by atoms with Crippen LogP contribution in [0.2, 0.25) is 0 Å². The Hall–Kier alpha value is -2.69. The second-order valence-corrected chi connectivity index (χ2v) is 5.73. The van der Waals surface area contributed by atoms with E-state index in [0.29, 0.717) is 0 Å². The van der Waals surface area contributed by atoms with Gasteiger partial charge in [-0.1, -0.05) is 6.07 Å². The van der Waals surface area contributed by atoms with E-state index in [4.69, 9.17) is 4.74 Å². The van der Waals surface area contributed by atoms with Crippen LogP contribution in [-0.4, -0.2) is 47.3 Å². The number of carbonyl (C=O) groups excluding carboxylic acids is 2. The number of hydrogen-bond acceptors (Lipinski definition) is 6. The highest BCUT2D eigenvalue weighted by atomic mass is 19.4. The van der Waals surface area contributed by atoms with Crippen molar-refractivity contribution >= 4 is 12.0 Å². The van der Waals surface area contributed by atoms with Gasteiger partial charge in [-0.2, -0.15) is 13.2 Å². The number of carbonyl (C=O) groups is 2. The van der Waals surface area contributed by atoms with Crippen molar-refractivity contribution in [2.75, 3.05) is 13.2 Å². The van der Waals surface area contributed by atoms with Crippen LogP contribution in [0.15, 0.2) is 18.2 Å². The molecule has 2 amide bonds. The van der Waals surface area contributed by atoms with E-state index < -0.39 is 35.9 Å². The molecule has 0 aliphatic carbocycles. The van der Waals surface area contributed by atoms with Crippen molar-refractivity contribution in [1.82, 2.24) is 10.6 Å². The summed E-state index contributed by atoms with van der Waals surface area (Å²) in [7, 11) is 0. The fraction of sp³-hybridized carbons (Fsp3) is 0.500. The molecule has 0 bridgehead atoms. The average molecular weight is 392 g/mol. The van der Waals surface area contributed by atoms with E-state index in [-0.39, 0.29) is 30.3 Å². The Morgan fingerprint density at radius 1 is 1.30 bits per heavy atom. The van der Waals surface area contributed by atoms with Crippen LogP contribution in [0, 0.1) is 5.92 Å². The smallest absolute Gasteiger partial charge is 0.437 e. The molecule has 0 spiro atoms. The third-order valence-corrected chi connectivity index (χ3v) is 3.99. The standard InChI is InChI=1S/C16H19F3N2O6/c1-3-26-10-7-8(5-6-9(10)22)12-11(13(23)27-4-2)15(25,16(17,18)19)21-14(24)20-12/h5-7,11-12,22,25H,3-4H2,1-2H3,(H2,20,21,24). The first-order valence-corrected chi connectivity index (χ1v) is 8.05. The van der Waals surface area contributed by atoms with E-state index in [2.05, 4.69) is 10.1 Å². The molecule has 3 unspecified atom stereocenters. The van der Waals surface area contributed by atoms with Crippen molar-refractivity contribution in [2.24, 2.45) is 5.92 Å². The normalized spacial score (nSPS) is 25.3. The first kappa shape index (κ1) is 20.6. The highest BCUT2D eigenvalue weighted by molar-refractivity contribution is 5.83. The molecule has 4 N–H and O–H groups in total. The maximum Gasteiger partial charge on any atom is 0.437 e. The monoisotopic (exact) mass is 392 g/mol. The molecule has 1 saturated heterocycles. The van der Waals surface area contributed by atoms with Crippen LogP contribution in [0.3, 0.4) is 0 Å². The van der Waals surface area contributed by atoms with Crippen molar-refractivity contribution in [3.05, 3.63) is 23.8 Å². The van der Waals surface area contributed by atoms with E-state index in [1.807, 2.05) is 0 Å². The van der Waals surface area contributed by atoms with Crippen LogP contribution < -0.4 is 15.4 Å². The van der Waals surface area contributed by atoms with Crippen LogP contribution in [0.4, 0.5) is 18.0 Å². The Labute approximate surface area is 152 Å². The van der Waals surface area contributed by atoms with E-state index in [1.165, 1.54) is 24.4 Å². The molecule has 2 rings (SSSR count). The number of urea groups is 1. The Kier molecular flexibility index (Phi) is 5.73. The summed E-state index contributed by atoms with van der Waals surface area (Å²) in [5.74, 6) is -3.93. The van der Waals surface area contributed by atoms with Crippen molar-refractivity contribution in [3.63, 3.8) is 0 Å². The zero-order valence-corrected chi connectivity index (χ0v) is 14.5. The maximum atomic E-state index is 13.5. The van der Waals surface area contributed by atoms with Gasteiger partial charge in [0.05, 0.1) is 19.3 Å². The highest BCUT2D eigenvalue weighted by Gasteiger charge is 2.67. The van der Waals surface area contributed by atoms with Gasteiger partial charge in [0.15, 0.2) is 11.5 Å². The summed E-state index contributed by atoms with van der Waals surface area (Å²) in [6.45, 7) is 2.94. The SMILES string of the molecule is CCOC(=O)C1C(c2ccc(O)c(OCC)c2)NC(=O)NC1(O)C(F)(F)F. The molecule has 150 valence electrons. The molecule has 1 aliphatic heterocycles. The van der Waals surface area contributed by atoms with E-state index in [0.717, 1.165) is 6.07 Å². The molecule has 8 nitrogen and oxygen atoms in total. The number of hydrogen-bond donors (Lipinski definition) is 4. The minimum absolute atomic E-state index is 0.00632. The molecule has 1 aromatic rings. The fourth-order valence-electron chi connectivity index (χ4n) is 2.81. The first-order valence-electron chi connectivity index (χ1n) is 8.05. The summed E-state index contributed by atoms with van der Waals surface area (Å²) < 4.78 is 50.5. The highest BCUT2D eigenvalue weighted by Crippen LogP contribution is 2.44. The number of rotatable bonds is 5. The average Bonchev–Trinajstić information content (AvgIpc) is 2.55. The van der Waals surface area contributed by atoms with E-state index in [9.17, 15) is 33.0 Å². The van der Waals surface area contributed by atoms with Gasteiger partial charge in [0.1, 0.15) is 5.92 Å². The Bertz CT molecular complexity index is 727. The largest absolute Gasteiger partial charge is 0.504 e. The lowest BCUT2D eigenvalue weighted by molar-refractivity contribution is -0.294. The molecule has 11 heteroatoms. The van der Waals surface area contributed by atoms with Crippen molar-refractivity contribution in [2.45, 2.75) is 31.8 Å². The zero-order chi connectivity index (χ0) is 20.4. The van der Waals surface area contributed by atoms with E-state index >= 15 is 0 Å². The molecule has 1 aromatic carbocycles. The second kappa shape index (κ2) is 7.51. The number of alkyl halides is 3. The first-order chi connectivity index (χ1) is 12.5. The van der Waals surface area contributed by atoms with Crippen molar-refractivity contribution in [1.29, 1.82) is 0 Å². The van der Waals surface area contributed by atoms with Crippen LogP contribution in [0.5, 0.6) is 11.5 Å². The number of esters is 1. The van der Waals surface area contributed by atoms with Gasteiger partial charge < -0.3 is 30.3 Å². The number of amides is 2. The lowest BCUT2D eigenvalue weighted by Crippen LogP contribution is -2.73. The minimum atomic E-state index is -5.36. The second-order valence-electron chi connectivity index (χ2n) is 5.73. The Morgan fingerprint density at radius 2 is 1.96 bits per heavy atom. The summed E-state index contributed by atoms with van der Waals surface area (Å²) in [5.41, 5.74) is -3.84. The number of aromatic hydroxyl groups is 1. The number of ether oxygens (including phenoxy) is 2. The summed E-state index contributed by atoms with van der Waals surface area (Å²) in [4.78, 5) is 24.1. The van der Waals surface area contributed by atoms with Gasteiger partial charge >= 0.3 is 18.2 Å². The third kappa shape index (κ3) is 3.87. The van der Waals surface area contributed by atoms with Gasteiger partial charge in [-0.3, -0.25) is 4.79 Å². The molecule has 0 radical (unpaired) electrons. The maximum absolute atomic E-state index is 13.5. The predicted octanol–water partition coefficient (Wildman–Crippen LogP) is 1.57. The summed E-state index contributed by atoms with van der Waals surface area (Å²) >= 11 is 0.